The highest BCUT2D eigenvalue weighted by atomic mass is 19.1. The van der Waals surface area contributed by atoms with Gasteiger partial charge in [0.25, 0.3) is 0 Å². The van der Waals surface area contributed by atoms with E-state index >= 15 is 0 Å². The molecule has 4 nitrogen and oxygen atoms in total. The maximum absolute atomic E-state index is 13.1. The molecule has 1 N–H and O–H groups in total. The van der Waals surface area contributed by atoms with Crippen molar-refractivity contribution in [2.24, 2.45) is 0 Å². The Balaban J connectivity index is 1.70. The lowest BCUT2D eigenvalue weighted by Crippen LogP contribution is -2.43. The van der Waals surface area contributed by atoms with E-state index in [4.69, 9.17) is 4.74 Å². The first kappa shape index (κ1) is 17.4. The monoisotopic (exact) mass is 342 g/mol. The van der Waals surface area contributed by atoms with Crippen LogP contribution in [0.2, 0.25) is 0 Å². The summed E-state index contributed by atoms with van der Waals surface area (Å²) in [6.45, 7) is 2.54. The molecule has 1 fully saturated rings. The van der Waals surface area contributed by atoms with Crippen LogP contribution in [-0.4, -0.2) is 30.0 Å². The van der Waals surface area contributed by atoms with E-state index in [1.165, 1.54) is 12.1 Å². The summed E-state index contributed by atoms with van der Waals surface area (Å²) in [7, 11) is 1.58. The molecule has 1 aliphatic carbocycles. The van der Waals surface area contributed by atoms with Crippen LogP contribution >= 0.6 is 0 Å². The van der Waals surface area contributed by atoms with Gasteiger partial charge in [0.15, 0.2) is 0 Å². The van der Waals surface area contributed by atoms with Gasteiger partial charge in [-0.2, -0.15) is 0 Å². The Hall–Kier alpha value is -2.40. The smallest absolute Gasteiger partial charge is 0.241 e. The number of methoxy groups -OCH3 is 1. The number of hydrogen-bond acceptors (Lipinski definition) is 3. The second-order valence-corrected chi connectivity index (χ2v) is 6.40. The van der Waals surface area contributed by atoms with Gasteiger partial charge >= 0.3 is 0 Å². The van der Waals surface area contributed by atoms with Crippen LogP contribution in [0.1, 0.15) is 25.3 Å². The van der Waals surface area contributed by atoms with Crippen molar-refractivity contribution in [1.82, 2.24) is 4.90 Å². The highest BCUT2D eigenvalue weighted by molar-refractivity contribution is 5.95. The van der Waals surface area contributed by atoms with E-state index in [-0.39, 0.29) is 17.8 Å². The Morgan fingerprint density at radius 2 is 1.92 bits per heavy atom. The predicted molar refractivity (Wildman–Crippen MR) is 96.1 cm³/mol. The number of rotatable bonds is 7. The van der Waals surface area contributed by atoms with Crippen LogP contribution in [0.4, 0.5) is 10.1 Å². The zero-order valence-corrected chi connectivity index (χ0v) is 14.5. The fourth-order valence-corrected chi connectivity index (χ4v) is 2.92. The molecule has 0 spiro atoms. The summed E-state index contributed by atoms with van der Waals surface area (Å²) in [5, 5.41) is 2.95. The summed E-state index contributed by atoms with van der Waals surface area (Å²) in [5.41, 5.74) is 1.67. The van der Waals surface area contributed by atoms with Crippen molar-refractivity contribution in [2.45, 2.75) is 38.4 Å². The average Bonchev–Trinajstić information content (AvgIpc) is 3.46. The van der Waals surface area contributed by atoms with Gasteiger partial charge in [0.05, 0.1) is 18.8 Å². The summed E-state index contributed by atoms with van der Waals surface area (Å²) in [4.78, 5) is 14.9. The van der Waals surface area contributed by atoms with Crippen LogP contribution in [0.5, 0.6) is 5.75 Å². The third kappa shape index (κ3) is 4.37. The first-order valence-electron chi connectivity index (χ1n) is 8.52. The lowest BCUT2D eigenvalue weighted by molar-refractivity contribution is -0.121. The molecule has 1 saturated carbocycles. The number of carbonyl (C=O) groups is 1. The Labute approximate surface area is 147 Å². The van der Waals surface area contributed by atoms with Crippen molar-refractivity contribution >= 4 is 11.6 Å². The highest BCUT2D eigenvalue weighted by Crippen LogP contribution is 2.31. The topological polar surface area (TPSA) is 41.6 Å². The predicted octanol–water partition coefficient (Wildman–Crippen LogP) is 3.83. The number of nitrogens with zero attached hydrogens (tertiary/aromatic N) is 1. The first-order chi connectivity index (χ1) is 12.1. The van der Waals surface area contributed by atoms with E-state index < -0.39 is 0 Å². The Bertz CT molecular complexity index is 729. The minimum absolute atomic E-state index is 0.0708. The van der Waals surface area contributed by atoms with Crippen LogP contribution in [-0.2, 0) is 11.3 Å². The standard InChI is InChI=1S/C20H23FN2O2/c1-14(20(24)22-18-5-3-4-6-19(18)25-2)23(17-11-12-17)13-15-7-9-16(21)10-8-15/h3-10,14,17H,11-13H2,1-2H3,(H,22,24)/t14-/m0/s1. The van der Waals surface area contributed by atoms with Crippen LogP contribution in [0, 0.1) is 5.82 Å². The maximum Gasteiger partial charge on any atom is 0.241 e. The van der Waals surface area contributed by atoms with Gasteiger partial charge < -0.3 is 10.1 Å². The molecule has 0 saturated heterocycles. The number of benzene rings is 2. The molecule has 2 aromatic carbocycles. The molecule has 25 heavy (non-hydrogen) atoms. The Kier molecular flexibility index (Phi) is 5.34. The summed E-state index contributed by atoms with van der Waals surface area (Å²) in [6.07, 6.45) is 2.18. The summed E-state index contributed by atoms with van der Waals surface area (Å²) >= 11 is 0. The number of hydrogen-bond donors (Lipinski definition) is 1. The van der Waals surface area contributed by atoms with Crippen LogP contribution in [0.25, 0.3) is 0 Å². The van der Waals surface area contributed by atoms with Crippen molar-refractivity contribution in [3.8, 4) is 5.75 Å². The Morgan fingerprint density at radius 3 is 2.56 bits per heavy atom. The fourth-order valence-electron chi connectivity index (χ4n) is 2.92. The average molecular weight is 342 g/mol. The van der Waals surface area contributed by atoms with E-state index in [9.17, 15) is 9.18 Å². The minimum Gasteiger partial charge on any atom is -0.495 e. The summed E-state index contributed by atoms with van der Waals surface area (Å²) in [6, 6.07) is 13.9. The number of carbonyl (C=O) groups excluding carboxylic acids is 1. The van der Waals surface area contributed by atoms with Gasteiger partial charge in [-0.3, -0.25) is 9.69 Å². The van der Waals surface area contributed by atoms with Gasteiger partial charge in [-0.1, -0.05) is 24.3 Å². The van der Waals surface area contributed by atoms with Crippen LogP contribution in [0.3, 0.4) is 0 Å². The zero-order valence-electron chi connectivity index (χ0n) is 14.5. The van der Waals surface area contributed by atoms with Gasteiger partial charge in [-0.25, -0.2) is 4.39 Å². The lowest BCUT2D eigenvalue weighted by atomic mass is 10.1. The quantitative estimate of drug-likeness (QED) is 0.831. The number of nitrogens with one attached hydrogen (secondary N) is 1. The third-order valence-corrected chi connectivity index (χ3v) is 4.54. The highest BCUT2D eigenvalue weighted by Gasteiger charge is 2.35. The zero-order chi connectivity index (χ0) is 17.8. The summed E-state index contributed by atoms with van der Waals surface area (Å²) in [5.74, 6) is 0.321. The lowest BCUT2D eigenvalue weighted by Gasteiger charge is -2.28. The van der Waals surface area contributed by atoms with E-state index in [2.05, 4.69) is 10.2 Å². The molecular formula is C20H23FN2O2. The van der Waals surface area contributed by atoms with Gasteiger partial charge in [-0.05, 0) is 49.6 Å². The fraction of sp³-hybridized carbons (Fsp3) is 0.350. The normalized spacial score (nSPS) is 15.0. The van der Waals surface area contributed by atoms with Crippen LogP contribution < -0.4 is 10.1 Å². The molecule has 1 aliphatic rings. The van der Waals surface area contributed by atoms with E-state index in [0.717, 1.165) is 18.4 Å². The van der Waals surface area contributed by atoms with E-state index in [1.807, 2.05) is 31.2 Å². The largest absolute Gasteiger partial charge is 0.495 e. The van der Waals surface area contributed by atoms with Gasteiger partial charge in [-0.15, -0.1) is 0 Å². The molecule has 1 atom stereocenters. The number of para-hydroxylation sites is 2. The first-order valence-corrected chi connectivity index (χ1v) is 8.52. The second kappa shape index (κ2) is 7.66. The van der Waals surface area contributed by atoms with Crippen LogP contribution in [0.15, 0.2) is 48.5 Å². The molecule has 132 valence electrons. The van der Waals surface area contributed by atoms with Gasteiger partial charge in [0.1, 0.15) is 11.6 Å². The van der Waals surface area contributed by atoms with Gasteiger partial charge in [0, 0.05) is 12.6 Å². The Morgan fingerprint density at radius 1 is 1.24 bits per heavy atom. The van der Waals surface area contributed by atoms with Crippen molar-refractivity contribution in [1.29, 1.82) is 0 Å². The molecule has 1 amide bonds. The molecule has 0 radical (unpaired) electrons. The number of anilines is 1. The number of halogens is 1. The molecular weight excluding hydrogens is 319 g/mol. The molecule has 3 rings (SSSR count). The molecule has 0 aliphatic heterocycles. The summed E-state index contributed by atoms with van der Waals surface area (Å²) < 4.78 is 18.4. The minimum atomic E-state index is -0.289. The van der Waals surface area contributed by atoms with Crippen molar-refractivity contribution in [3.63, 3.8) is 0 Å². The molecule has 0 unspecified atom stereocenters. The second-order valence-electron chi connectivity index (χ2n) is 6.40. The van der Waals surface area contributed by atoms with Crippen molar-refractivity contribution < 1.29 is 13.9 Å². The van der Waals surface area contributed by atoms with E-state index in [0.29, 0.717) is 24.0 Å². The van der Waals surface area contributed by atoms with E-state index in [1.54, 1.807) is 19.2 Å². The maximum atomic E-state index is 13.1. The van der Waals surface area contributed by atoms with Crippen molar-refractivity contribution in [3.05, 3.63) is 59.9 Å². The molecule has 0 aromatic heterocycles. The number of ether oxygens (including phenoxy) is 1. The molecule has 0 bridgehead atoms. The molecule has 5 heteroatoms. The van der Waals surface area contributed by atoms with Crippen molar-refractivity contribution in [2.75, 3.05) is 12.4 Å². The SMILES string of the molecule is COc1ccccc1NC(=O)[C@H](C)N(Cc1ccc(F)cc1)C1CC1. The molecule has 0 heterocycles. The third-order valence-electron chi connectivity index (χ3n) is 4.54. The number of amides is 1. The molecule has 2 aromatic rings. The van der Waals surface area contributed by atoms with Gasteiger partial charge in [0.2, 0.25) is 5.91 Å².